The van der Waals surface area contributed by atoms with Gasteiger partial charge in [-0.3, -0.25) is 4.68 Å². The Hall–Kier alpha value is -1.61. The molecule has 2 N–H and O–H groups in total. The lowest BCUT2D eigenvalue weighted by Crippen LogP contribution is -2.12. The standard InChI is InChI=1S/C16H23N3/c1-12-15(11-18-19(12)10-9-17)13-5-7-14(8-6-13)16(2,3)4/h5-8,11H,9-10,17H2,1-4H3. The summed E-state index contributed by atoms with van der Waals surface area (Å²) in [6.45, 7) is 10.2. The van der Waals surface area contributed by atoms with Crippen LogP contribution in [0.15, 0.2) is 30.5 Å². The lowest BCUT2D eigenvalue weighted by molar-refractivity contribution is 0.590. The molecule has 0 saturated carbocycles. The maximum atomic E-state index is 5.58. The molecule has 3 heteroatoms. The van der Waals surface area contributed by atoms with Gasteiger partial charge in [0.05, 0.1) is 12.7 Å². The molecular weight excluding hydrogens is 234 g/mol. The zero-order valence-electron chi connectivity index (χ0n) is 12.3. The maximum Gasteiger partial charge on any atom is 0.0571 e. The largest absolute Gasteiger partial charge is 0.329 e. The highest BCUT2D eigenvalue weighted by atomic mass is 15.3. The highest BCUT2D eigenvalue weighted by Crippen LogP contribution is 2.27. The van der Waals surface area contributed by atoms with Crippen molar-refractivity contribution < 1.29 is 0 Å². The average molecular weight is 257 g/mol. The Kier molecular flexibility index (Phi) is 3.76. The molecule has 0 saturated heterocycles. The van der Waals surface area contributed by atoms with Crippen LogP contribution in [-0.4, -0.2) is 16.3 Å². The van der Waals surface area contributed by atoms with Crippen LogP contribution >= 0.6 is 0 Å². The van der Waals surface area contributed by atoms with Gasteiger partial charge in [0.2, 0.25) is 0 Å². The van der Waals surface area contributed by atoms with Crippen molar-refractivity contribution in [3.8, 4) is 11.1 Å². The summed E-state index contributed by atoms with van der Waals surface area (Å²) in [5.41, 5.74) is 10.7. The normalized spacial score (nSPS) is 11.8. The Morgan fingerprint density at radius 2 is 1.79 bits per heavy atom. The third kappa shape index (κ3) is 2.87. The van der Waals surface area contributed by atoms with Gasteiger partial charge < -0.3 is 5.73 Å². The van der Waals surface area contributed by atoms with Crippen LogP contribution in [0.5, 0.6) is 0 Å². The second-order valence-electron chi connectivity index (χ2n) is 5.98. The number of nitrogens with two attached hydrogens (primary N) is 1. The van der Waals surface area contributed by atoms with Crippen LogP contribution in [0.25, 0.3) is 11.1 Å². The summed E-state index contributed by atoms with van der Waals surface area (Å²) >= 11 is 0. The first-order valence-corrected chi connectivity index (χ1v) is 6.77. The fraction of sp³-hybridized carbons (Fsp3) is 0.438. The van der Waals surface area contributed by atoms with E-state index < -0.39 is 0 Å². The Labute approximate surface area is 115 Å². The Bertz CT molecular complexity index is 544. The van der Waals surface area contributed by atoms with Crippen LogP contribution < -0.4 is 5.73 Å². The molecule has 0 bridgehead atoms. The molecule has 0 atom stereocenters. The molecule has 0 spiro atoms. The number of rotatable bonds is 3. The molecule has 1 heterocycles. The fourth-order valence-electron chi connectivity index (χ4n) is 2.23. The first kappa shape index (κ1) is 13.8. The van der Waals surface area contributed by atoms with E-state index >= 15 is 0 Å². The zero-order chi connectivity index (χ0) is 14.0. The summed E-state index contributed by atoms with van der Waals surface area (Å²) in [6, 6.07) is 8.76. The highest BCUT2D eigenvalue weighted by molar-refractivity contribution is 5.65. The smallest absolute Gasteiger partial charge is 0.0571 e. The van der Waals surface area contributed by atoms with Gasteiger partial charge in [-0.05, 0) is 23.5 Å². The second-order valence-corrected chi connectivity index (χ2v) is 5.98. The van der Waals surface area contributed by atoms with E-state index in [1.54, 1.807) is 0 Å². The molecule has 1 aromatic carbocycles. The minimum absolute atomic E-state index is 0.192. The summed E-state index contributed by atoms with van der Waals surface area (Å²) in [7, 11) is 0. The molecule has 0 aliphatic heterocycles. The van der Waals surface area contributed by atoms with Gasteiger partial charge in [0, 0.05) is 17.8 Å². The van der Waals surface area contributed by atoms with Gasteiger partial charge in [-0.25, -0.2) is 0 Å². The van der Waals surface area contributed by atoms with Crippen LogP contribution in [0.2, 0.25) is 0 Å². The maximum absolute atomic E-state index is 5.58. The highest BCUT2D eigenvalue weighted by Gasteiger charge is 2.14. The van der Waals surface area contributed by atoms with Gasteiger partial charge in [-0.2, -0.15) is 5.10 Å². The van der Waals surface area contributed by atoms with E-state index in [4.69, 9.17) is 5.73 Å². The second kappa shape index (κ2) is 5.17. The van der Waals surface area contributed by atoms with E-state index in [-0.39, 0.29) is 5.41 Å². The van der Waals surface area contributed by atoms with Gasteiger partial charge in [0.1, 0.15) is 0 Å². The Balaban J connectivity index is 2.32. The molecule has 2 rings (SSSR count). The predicted molar refractivity (Wildman–Crippen MR) is 80.2 cm³/mol. The van der Waals surface area contributed by atoms with Crippen LogP contribution in [0.3, 0.4) is 0 Å². The Morgan fingerprint density at radius 3 is 2.32 bits per heavy atom. The molecule has 3 nitrogen and oxygen atoms in total. The van der Waals surface area contributed by atoms with Gasteiger partial charge >= 0.3 is 0 Å². The summed E-state index contributed by atoms with van der Waals surface area (Å²) in [5, 5.41) is 4.39. The average Bonchev–Trinajstić information content (AvgIpc) is 2.71. The van der Waals surface area contributed by atoms with E-state index in [1.807, 2.05) is 10.9 Å². The Morgan fingerprint density at radius 1 is 1.16 bits per heavy atom. The lowest BCUT2D eigenvalue weighted by atomic mass is 9.86. The first-order chi connectivity index (χ1) is 8.93. The monoisotopic (exact) mass is 257 g/mol. The first-order valence-electron chi connectivity index (χ1n) is 6.77. The van der Waals surface area contributed by atoms with Crippen molar-refractivity contribution in [3.63, 3.8) is 0 Å². The molecule has 0 amide bonds. The van der Waals surface area contributed by atoms with Crippen LogP contribution in [-0.2, 0) is 12.0 Å². The van der Waals surface area contributed by atoms with Gasteiger partial charge in [0.15, 0.2) is 0 Å². The zero-order valence-corrected chi connectivity index (χ0v) is 12.3. The molecule has 0 unspecified atom stereocenters. The summed E-state index contributed by atoms with van der Waals surface area (Å²) in [6.07, 6.45) is 1.93. The van der Waals surface area contributed by atoms with E-state index in [2.05, 4.69) is 57.1 Å². The summed E-state index contributed by atoms with van der Waals surface area (Å²) in [5.74, 6) is 0. The van der Waals surface area contributed by atoms with Gasteiger partial charge in [0.25, 0.3) is 0 Å². The summed E-state index contributed by atoms with van der Waals surface area (Å²) < 4.78 is 1.97. The van der Waals surface area contributed by atoms with Crippen molar-refractivity contribution in [2.24, 2.45) is 5.73 Å². The van der Waals surface area contributed by atoms with Crippen molar-refractivity contribution in [2.75, 3.05) is 6.54 Å². The molecule has 0 fully saturated rings. The molecule has 0 aliphatic carbocycles. The summed E-state index contributed by atoms with van der Waals surface area (Å²) in [4.78, 5) is 0. The number of benzene rings is 1. The van der Waals surface area contributed by atoms with Crippen molar-refractivity contribution in [2.45, 2.75) is 39.7 Å². The third-order valence-corrected chi connectivity index (χ3v) is 3.51. The van der Waals surface area contributed by atoms with E-state index in [9.17, 15) is 0 Å². The lowest BCUT2D eigenvalue weighted by Gasteiger charge is -2.19. The SMILES string of the molecule is Cc1c(-c2ccc(C(C)(C)C)cc2)cnn1CCN. The van der Waals surface area contributed by atoms with Crippen LogP contribution in [0.1, 0.15) is 32.0 Å². The van der Waals surface area contributed by atoms with E-state index in [1.165, 1.54) is 22.4 Å². The number of nitrogens with zero attached hydrogens (tertiary/aromatic N) is 2. The molecule has 102 valence electrons. The van der Waals surface area contributed by atoms with Gasteiger partial charge in [-0.1, -0.05) is 45.0 Å². The van der Waals surface area contributed by atoms with Crippen molar-refractivity contribution in [3.05, 3.63) is 41.7 Å². The van der Waals surface area contributed by atoms with Gasteiger partial charge in [-0.15, -0.1) is 0 Å². The molecule has 2 aromatic rings. The molecule has 1 aromatic heterocycles. The number of hydrogen-bond donors (Lipinski definition) is 1. The number of aromatic nitrogens is 2. The molecule has 0 aliphatic rings. The predicted octanol–water partition coefficient (Wildman–Crippen LogP) is 3.11. The van der Waals surface area contributed by atoms with Crippen molar-refractivity contribution in [1.29, 1.82) is 0 Å². The molecule has 19 heavy (non-hydrogen) atoms. The third-order valence-electron chi connectivity index (χ3n) is 3.51. The number of hydrogen-bond acceptors (Lipinski definition) is 2. The van der Waals surface area contributed by atoms with Crippen molar-refractivity contribution >= 4 is 0 Å². The quantitative estimate of drug-likeness (QED) is 0.918. The molecule has 0 radical (unpaired) electrons. The van der Waals surface area contributed by atoms with Crippen LogP contribution in [0.4, 0.5) is 0 Å². The minimum atomic E-state index is 0.192. The van der Waals surface area contributed by atoms with E-state index in [0.717, 1.165) is 6.54 Å². The topological polar surface area (TPSA) is 43.8 Å². The molecular formula is C16H23N3. The van der Waals surface area contributed by atoms with Crippen LogP contribution in [0, 0.1) is 6.92 Å². The van der Waals surface area contributed by atoms with Crippen molar-refractivity contribution in [1.82, 2.24) is 9.78 Å². The minimum Gasteiger partial charge on any atom is -0.329 e. The van der Waals surface area contributed by atoms with E-state index in [0.29, 0.717) is 6.54 Å². The fourth-order valence-corrected chi connectivity index (χ4v) is 2.23.